The van der Waals surface area contributed by atoms with E-state index in [1.165, 1.54) is 7.11 Å². The van der Waals surface area contributed by atoms with E-state index in [0.29, 0.717) is 30.1 Å². The van der Waals surface area contributed by atoms with Crippen molar-refractivity contribution in [2.24, 2.45) is 0 Å². The second-order valence-electron chi connectivity index (χ2n) is 4.50. The molecule has 1 unspecified atom stereocenters. The minimum atomic E-state index is -0.482. The third kappa shape index (κ3) is 3.43. The second kappa shape index (κ2) is 6.45. The van der Waals surface area contributed by atoms with E-state index in [1.54, 1.807) is 23.1 Å². The van der Waals surface area contributed by atoms with Gasteiger partial charge in [0.25, 0.3) is 5.91 Å². The molecule has 5 nitrogen and oxygen atoms in total. The highest BCUT2D eigenvalue weighted by atomic mass is 79.9. The largest absolute Gasteiger partial charge is 0.453 e. The van der Waals surface area contributed by atoms with Gasteiger partial charge in [0, 0.05) is 17.6 Å². The fraction of sp³-hybridized carbons (Fsp3) is 0.385. The predicted molar refractivity (Wildman–Crippen MR) is 79.0 cm³/mol. The number of likely N-dealkylation sites (tertiary alicyclic amines) is 1. The van der Waals surface area contributed by atoms with Crippen molar-refractivity contribution in [1.82, 2.24) is 10.2 Å². The second-order valence-corrected chi connectivity index (χ2v) is 5.82. The molecular formula is C13H14BrClN2O3. The van der Waals surface area contributed by atoms with Crippen LogP contribution in [0.2, 0.25) is 5.02 Å². The molecule has 0 spiro atoms. The maximum atomic E-state index is 12.4. The quantitative estimate of drug-likeness (QED) is 0.881. The molecule has 1 aliphatic rings. The molecule has 0 aromatic heterocycles. The summed E-state index contributed by atoms with van der Waals surface area (Å²) in [5, 5.41) is 3.11. The Morgan fingerprint density at radius 1 is 1.50 bits per heavy atom. The Morgan fingerprint density at radius 2 is 2.25 bits per heavy atom. The van der Waals surface area contributed by atoms with Gasteiger partial charge >= 0.3 is 6.09 Å². The van der Waals surface area contributed by atoms with Crippen LogP contribution in [-0.4, -0.2) is 43.1 Å². The smallest absolute Gasteiger partial charge is 0.407 e. The molecule has 7 heteroatoms. The number of methoxy groups -OCH3 is 1. The summed E-state index contributed by atoms with van der Waals surface area (Å²) in [6.45, 7) is 1.03. The molecule has 1 atom stereocenters. The van der Waals surface area contributed by atoms with Gasteiger partial charge in [-0.1, -0.05) is 27.5 Å². The summed E-state index contributed by atoms with van der Waals surface area (Å²) in [6, 6.07) is 5.08. The molecule has 1 aromatic carbocycles. The summed E-state index contributed by atoms with van der Waals surface area (Å²) >= 11 is 9.38. The molecule has 2 rings (SSSR count). The van der Waals surface area contributed by atoms with Crippen LogP contribution in [0, 0.1) is 0 Å². The first-order valence-corrected chi connectivity index (χ1v) is 7.27. The molecular weight excluding hydrogens is 348 g/mol. The van der Waals surface area contributed by atoms with E-state index in [2.05, 4.69) is 26.0 Å². The van der Waals surface area contributed by atoms with Crippen LogP contribution in [0.3, 0.4) is 0 Å². The third-order valence-corrected chi connectivity index (χ3v) is 3.96. The summed E-state index contributed by atoms with van der Waals surface area (Å²) in [7, 11) is 1.31. The monoisotopic (exact) mass is 360 g/mol. The normalized spacial score (nSPS) is 17.9. The highest BCUT2D eigenvalue weighted by Crippen LogP contribution is 2.24. The average Bonchev–Trinajstić information content (AvgIpc) is 2.89. The van der Waals surface area contributed by atoms with Crippen molar-refractivity contribution in [3.05, 3.63) is 33.3 Å². The Balaban J connectivity index is 2.04. The number of amides is 2. The minimum absolute atomic E-state index is 0.0858. The molecule has 0 radical (unpaired) electrons. The third-order valence-electron chi connectivity index (χ3n) is 3.14. The van der Waals surface area contributed by atoms with E-state index in [1.807, 2.05) is 0 Å². The molecule has 1 aliphatic heterocycles. The molecule has 20 heavy (non-hydrogen) atoms. The number of carbonyl (C=O) groups excluding carboxylic acids is 2. The van der Waals surface area contributed by atoms with Crippen LogP contribution in [-0.2, 0) is 4.74 Å². The first-order valence-electron chi connectivity index (χ1n) is 6.10. The van der Waals surface area contributed by atoms with E-state index in [0.717, 1.165) is 4.47 Å². The number of nitrogens with one attached hydrogen (secondary N) is 1. The van der Waals surface area contributed by atoms with Crippen LogP contribution in [0.25, 0.3) is 0 Å². The molecule has 1 fully saturated rings. The number of alkyl carbamates (subject to hydrolysis) is 1. The first kappa shape index (κ1) is 15.1. The van der Waals surface area contributed by atoms with Crippen LogP contribution >= 0.6 is 27.5 Å². The number of halogens is 2. The SMILES string of the molecule is COC(=O)NC1CCN(C(=O)c2cc(Br)ccc2Cl)C1. The summed E-state index contributed by atoms with van der Waals surface area (Å²) in [4.78, 5) is 25.2. The highest BCUT2D eigenvalue weighted by Gasteiger charge is 2.29. The van der Waals surface area contributed by atoms with E-state index in [9.17, 15) is 9.59 Å². The Morgan fingerprint density at radius 3 is 2.95 bits per heavy atom. The fourth-order valence-corrected chi connectivity index (χ4v) is 2.68. The number of rotatable bonds is 2. The lowest BCUT2D eigenvalue weighted by Gasteiger charge is -2.17. The van der Waals surface area contributed by atoms with Gasteiger partial charge in [-0.3, -0.25) is 4.79 Å². The molecule has 0 bridgehead atoms. The van der Waals surface area contributed by atoms with Crippen LogP contribution in [0.15, 0.2) is 22.7 Å². The van der Waals surface area contributed by atoms with E-state index in [-0.39, 0.29) is 11.9 Å². The van der Waals surface area contributed by atoms with Gasteiger partial charge in [0.1, 0.15) is 0 Å². The summed E-state index contributed by atoms with van der Waals surface area (Å²) in [5.41, 5.74) is 0.458. The molecule has 0 saturated carbocycles. The number of benzene rings is 1. The highest BCUT2D eigenvalue weighted by molar-refractivity contribution is 9.10. The van der Waals surface area contributed by atoms with Crippen molar-refractivity contribution >= 4 is 39.5 Å². The van der Waals surface area contributed by atoms with Gasteiger partial charge in [0.2, 0.25) is 0 Å². The Bertz CT molecular complexity index is 538. The topological polar surface area (TPSA) is 58.6 Å². The fourth-order valence-electron chi connectivity index (χ4n) is 2.12. The lowest BCUT2D eigenvalue weighted by molar-refractivity contribution is 0.0788. The van der Waals surface area contributed by atoms with Crippen molar-refractivity contribution in [3.8, 4) is 0 Å². The maximum absolute atomic E-state index is 12.4. The first-order chi connectivity index (χ1) is 9.51. The number of nitrogens with zero attached hydrogens (tertiary/aromatic N) is 1. The lowest BCUT2D eigenvalue weighted by atomic mass is 10.2. The number of carbonyl (C=O) groups is 2. The zero-order valence-electron chi connectivity index (χ0n) is 10.9. The van der Waals surface area contributed by atoms with Crippen molar-refractivity contribution < 1.29 is 14.3 Å². The van der Waals surface area contributed by atoms with Crippen molar-refractivity contribution in [2.75, 3.05) is 20.2 Å². The van der Waals surface area contributed by atoms with Gasteiger partial charge in [-0.15, -0.1) is 0 Å². The maximum Gasteiger partial charge on any atom is 0.407 e. The Hall–Kier alpha value is -1.27. The molecule has 1 heterocycles. The van der Waals surface area contributed by atoms with Crippen LogP contribution < -0.4 is 5.32 Å². The van der Waals surface area contributed by atoms with E-state index in [4.69, 9.17) is 11.6 Å². The average molecular weight is 362 g/mol. The predicted octanol–water partition coefficient (Wildman–Crippen LogP) is 2.67. The van der Waals surface area contributed by atoms with Crippen LogP contribution in [0.4, 0.5) is 4.79 Å². The zero-order chi connectivity index (χ0) is 14.7. The van der Waals surface area contributed by atoms with E-state index >= 15 is 0 Å². The van der Waals surface area contributed by atoms with Gasteiger partial charge in [0.15, 0.2) is 0 Å². The van der Waals surface area contributed by atoms with Crippen LogP contribution in [0.1, 0.15) is 16.8 Å². The van der Waals surface area contributed by atoms with Gasteiger partial charge in [0.05, 0.1) is 23.7 Å². The molecule has 108 valence electrons. The Kier molecular flexibility index (Phi) is 4.88. The van der Waals surface area contributed by atoms with Gasteiger partial charge in [-0.05, 0) is 24.6 Å². The molecule has 1 aromatic rings. The lowest BCUT2D eigenvalue weighted by Crippen LogP contribution is -2.38. The standard InChI is InChI=1S/C13H14BrClN2O3/c1-20-13(19)16-9-4-5-17(7-9)12(18)10-6-8(14)2-3-11(10)15/h2-3,6,9H,4-5,7H2,1H3,(H,16,19). The minimum Gasteiger partial charge on any atom is -0.453 e. The van der Waals surface area contributed by atoms with Gasteiger partial charge in [-0.25, -0.2) is 4.79 Å². The Labute approximate surface area is 130 Å². The van der Waals surface area contributed by atoms with Gasteiger partial charge in [-0.2, -0.15) is 0 Å². The zero-order valence-corrected chi connectivity index (χ0v) is 13.2. The number of ether oxygens (including phenoxy) is 1. The number of hydrogen-bond donors (Lipinski definition) is 1. The summed E-state index contributed by atoms with van der Waals surface area (Å²) < 4.78 is 5.35. The van der Waals surface area contributed by atoms with Gasteiger partial charge < -0.3 is 15.0 Å². The van der Waals surface area contributed by atoms with Crippen LogP contribution in [0.5, 0.6) is 0 Å². The van der Waals surface area contributed by atoms with E-state index < -0.39 is 6.09 Å². The molecule has 1 N–H and O–H groups in total. The van der Waals surface area contributed by atoms with Crippen molar-refractivity contribution in [2.45, 2.75) is 12.5 Å². The van der Waals surface area contributed by atoms with Crippen molar-refractivity contribution in [1.29, 1.82) is 0 Å². The molecule has 1 saturated heterocycles. The molecule has 2 amide bonds. The number of hydrogen-bond acceptors (Lipinski definition) is 3. The molecule has 0 aliphatic carbocycles. The summed E-state index contributed by atoms with van der Waals surface area (Å²) in [5.74, 6) is -0.134. The summed E-state index contributed by atoms with van der Waals surface area (Å²) in [6.07, 6.45) is 0.219. The van der Waals surface area contributed by atoms with Crippen molar-refractivity contribution in [3.63, 3.8) is 0 Å².